The maximum absolute atomic E-state index is 13.9. The Hall–Kier alpha value is -1.45. The normalized spacial score (nSPS) is 10.8. The first-order chi connectivity index (χ1) is 9.61. The van der Waals surface area contributed by atoms with Gasteiger partial charge in [0.05, 0.1) is 0 Å². The predicted octanol–water partition coefficient (Wildman–Crippen LogP) is 4.78. The van der Waals surface area contributed by atoms with Crippen LogP contribution in [0.15, 0.2) is 36.4 Å². The summed E-state index contributed by atoms with van der Waals surface area (Å²) in [6.45, 7) is 3.55. The molecule has 0 saturated carbocycles. The molecule has 0 radical (unpaired) electrons. The minimum Gasteiger partial charge on any atom is -0.313 e. The van der Waals surface area contributed by atoms with E-state index >= 15 is 0 Å². The second-order valence-electron chi connectivity index (χ2n) is 4.60. The van der Waals surface area contributed by atoms with Crippen molar-refractivity contribution in [3.05, 3.63) is 58.6 Å². The molecule has 20 heavy (non-hydrogen) atoms. The van der Waals surface area contributed by atoms with E-state index in [1.807, 2.05) is 6.07 Å². The van der Waals surface area contributed by atoms with E-state index in [1.54, 1.807) is 12.1 Å². The number of hydrogen-bond acceptors (Lipinski definition) is 1. The quantitative estimate of drug-likeness (QED) is 0.782. The number of nitrogens with one attached hydrogen (secondary N) is 1. The maximum atomic E-state index is 13.9. The Morgan fingerprint density at radius 2 is 1.80 bits per heavy atom. The molecule has 0 atom stereocenters. The summed E-state index contributed by atoms with van der Waals surface area (Å²) in [5.74, 6) is -1.14. The van der Waals surface area contributed by atoms with E-state index in [1.165, 1.54) is 12.1 Å². The van der Waals surface area contributed by atoms with Crippen LogP contribution in [-0.2, 0) is 6.54 Å². The second-order valence-corrected chi connectivity index (χ2v) is 5.04. The number of rotatable bonds is 5. The molecule has 0 unspecified atom stereocenters. The fourth-order valence-electron chi connectivity index (χ4n) is 2.08. The summed E-state index contributed by atoms with van der Waals surface area (Å²) in [7, 11) is 0. The van der Waals surface area contributed by atoms with Crippen molar-refractivity contribution < 1.29 is 8.78 Å². The minimum atomic E-state index is -0.578. The molecule has 0 aliphatic heterocycles. The Balaban J connectivity index is 2.39. The van der Waals surface area contributed by atoms with Gasteiger partial charge in [-0.05, 0) is 48.4 Å². The highest BCUT2D eigenvalue weighted by Gasteiger charge is 2.11. The average molecular weight is 296 g/mol. The average Bonchev–Trinajstić information content (AvgIpc) is 2.40. The van der Waals surface area contributed by atoms with Crippen molar-refractivity contribution in [3.8, 4) is 11.1 Å². The lowest BCUT2D eigenvalue weighted by Crippen LogP contribution is -2.14. The summed E-state index contributed by atoms with van der Waals surface area (Å²) < 4.78 is 26.9. The highest BCUT2D eigenvalue weighted by atomic mass is 35.5. The zero-order chi connectivity index (χ0) is 14.5. The van der Waals surface area contributed by atoms with Crippen LogP contribution in [0.25, 0.3) is 11.1 Å². The molecule has 106 valence electrons. The van der Waals surface area contributed by atoms with Crippen LogP contribution in [0.2, 0.25) is 5.02 Å². The topological polar surface area (TPSA) is 12.0 Å². The van der Waals surface area contributed by atoms with Gasteiger partial charge in [0.15, 0.2) is 0 Å². The van der Waals surface area contributed by atoms with Gasteiger partial charge in [-0.25, -0.2) is 8.78 Å². The molecule has 2 aromatic carbocycles. The first-order valence-corrected chi connectivity index (χ1v) is 6.94. The van der Waals surface area contributed by atoms with Gasteiger partial charge in [0.1, 0.15) is 11.6 Å². The molecule has 0 amide bonds. The third-order valence-corrected chi connectivity index (χ3v) is 3.27. The number of halogens is 3. The van der Waals surface area contributed by atoms with Crippen molar-refractivity contribution in [3.63, 3.8) is 0 Å². The van der Waals surface area contributed by atoms with E-state index in [-0.39, 0.29) is 0 Å². The fourth-order valence-corrected chi connectivity index (χ4v) is 2.27. The summed E-state index contributed by atoms with van der Waals surface area (Å²) in [4.78, 5) is 0. The van der Waals surface area contributed by atoms with E-state index in [9.17, 15) is 8.78 Å². The molecule has 0 bridgehead atoms. The van der Waals surface area contributed by atoms with Crippen LogP contribution in [0.3, 0.4) is 0 Å². The Kier molecular flexibility index (Phi) is 5.10. The van der Waals surface area contributed by atoms with Crippen LogP contribution in [0.5, 0.6) is 0 Å². The standard InChI is InChI=1S/C16H16ClF2N/c1-2-7-20-10-11-8-12(17)3-5-14(11)15-6-4-13(18)9-16(15)19/h3-6,8-9,20H,2,7,10H2,1H3. The Bertz CT molecular complexity index is 599. The summed E-state index contributed by atoms with van der Waals surface area (Å²) >= 11 is 6.00. The lowest BCUT2D eigenvalue weighted by Gasteiger charge is -2.12. The Morgan fingerprint density at radius 1 is 1.05 bits per heavy atom. The van der Waals surface area contributed by atoms with Gasteiger partial charge in [-0.1, -0.05) is 24.6 Å². The highest BCUT2D eigenvalue weighted by Crippen LogP contribution is 2.29. The molecule has 0 heterocycles. The van der Waals surface area contributed by atoms with Gasteiger partial charge in [-0.3, -0.25) is 0 Å². The van der Waals surface area contributed by atoms with Crippen LogP contribution in [0.4, 0.5) is 8.78 Å². The molecule has 0 aliphatic carbocycles. The molecule has 1 nitrogen and oxygen atoms in total. The predicted molar refractivity (Wildman–Crippen MR) is 78.8 cm³/mol. The van der Waals surface area contributed by atoms with Gasteiger partial charge < -0.3 is 5.32 Å². The van der Waals surface area contributed by atoms with Gasteiger partial charge in [0.25, 0.3) is 0 Å². The fraction of sp³-hybridized carbons (Fsp3) is 0.250. The van der Waals surface area contributed by atoms with E-state index in [0.29, 0.717) is 17.1 Å². The molecule has 0 aliphatic rings. The monoisotopic (exact) mass is 295 g/mol. The molecule has 0 aromatic heterocycles. The third kappa shape index (κ3) is 3.56. The largest absolute Gasteiger partial charge is 0.313 e. The van der Waals surface area contributed by atoms with Crippen molar-refractivity contribution in [2.24, 2.45) is 0 Å². The zero-order valence-electron chi connectivity index (χ0n) is 11.2. The lowest BCUT2D eigenvalue weighted by atomic mass is 9.99. The van der Waals surface area contributed by atoms with Crippen LogP contribution in [0.1, 0.15) is 18.9 Å². The minimum absolute atomic E-state index is 0.386. The van der Waals surface area contributed by atoms with Crippen LogP contribution < -0.4 is 5.32 Å². The molecular weight excluding hydrogens is 280 g/mol. The van der Waals surface area contributed by atoms with E-state index in [4.69, 9.17) is 11.6 Å². The van der Waals surface area contributed by atoms with Crippen LogP contribution in [-0.4, -0.2) is 6.54 Å². The van der Waals surface area contributed by atoms with E-state index in [2.05, 4.69) is 12.2 Å². The van der Waals surface area contributed by atoms with E-state index < -0.39 is 11.6 Å². The van der Waals surface area contributed by atoms with Crippen LogP contribution >= 0.6 is 11.6 Å². The van der Waals surface area contributed by atoms with Crippen LogP contribution in [0, 0.1) is 11.6 Å². The first-order valence-electron chi connectivity index (χ1n) is 6.56. The Labute approximate surface area is 122 Å². The van der Waals surface area contributed by atoms with Crippen molar-refractivity contribution in [1.82, 2.24) is 5.32 Å². The highest BCUT2D eigenvalue weighted by molar-refractivity contribution is 6.30. The van der Waals surface area contributed by atoms with Gasteiger partial charge in [0, 0.05) is 23.2 Å². The SMILES string of the molecule is CCCNCc1cc(Cl)ccc1-c1ccc(F)cc1F. The lowest BCUT2D eigenvalue weighted by molar-refractivity contribution is 0.585. The summed E-state index contributed by atoms with van der Waals surface area (Å²) in [5, 5.41) is 3.87. The Morgan fingerprint density at radius 3 is 2.50 bits per heavy atom. The molecule has 4 heteroatoms. The van der Waals surface area contributed by atoms with Crippen molar-refractivity contribution >= 4 is 11.6 Å². The number of hydrogen-bond donors (Lipinski definition) is 1. The molecule has 0 saturated heterocycles. The summed E-state index contributed by atoms with van der Waals surface area (Å²) in [6.07, 6.45) is 1.01. The third-order valence-electron chi connectivity index (χ3n) is 3.03. The van der Waals surface area contributed by atoms with Crippen molar-refractivity contribution in [2.75, 3.05) is 6.54 Å². The molecule has 0 fully saturated rings. The number of benzene rings is 2. The first kappa shape index (κ1) is 14.9. The van der Waals surface area contributed by atoms with Gasteiger partial charge >= 0.3 is 0 Å². The second kappa shape index (κ2) is 6.82. The molecule has 2 rings (SSSR count). The van der Waals surface area contributed by atoms with Crippen molar-refractivity contribution in [2.45, 2.75) is 19.9 Å². The van der Waals surface area contributed by atoms with Gasteiger partial charge in [-0.15, -0.1) is 0 Å². The molecule has 1 N–H and O–H groups in total. The smallest absolute Gasteiger partial charge is 0.133 e. The van der Waals surface area contributed by atoms with Gasteiger partial charge in [-0.2, -0.15) is 0 Å². The summed E-state index contributed by atoms with van der Waals surface area (Å²) in [6, 6.07) is 8.90. The molecular formula is C16H16ClF2N. The summed E-state index contributed by atoms with van der Waals surface area (Å²) in [5.41, 5.74) is 2.02. The molecule has 2 aromatic rings. The van der Waals surface area contributed by atoms with Gasteiger partial charge in [0.2, 0.25) is 0 Å². The molecule has 0 spiro atoms. The zero-order valence-corrected chi connectivity index (χ0v) is 12.0. The maximum Gasteiger partial charge on any atom is 0.133 e. The van der Waals surface area contributed by atoms with Crippen molar-refractivity contribution in [1.29, 1.82) is 0 Å². The van der Waals surface area contributed by atoms with E-state index in [0.717, 1.165) is 30.2 Å².